The Morgan fingerprint density at radius 3 is 2.44 bits per heavy atom. The van der Waals surface area contributed by atoms with Gasteiger partial charge in [0.15, 0.2) is 5.16 Å². The summed E-state index contributed by atoms with van der Waals surface area (Å²) in [6, 6.07) is 21.8. The molecule has 6 rings (SSSR count). The molecule has 2 aliphatic rings. The highest BCUT2D eigenvalue weighted by atomic mass is 32.2. The number of nitrogens with zero attached hydrogens (tertiary/aromatic N) is 2. The van der Waals surface area contributed by atoms with Crippen LogP contribution in [0.5, 0.6) is 0 Å². The first-order valence-corrected chi connectivity index (χ1v) is 14.6. The van der Waals surface area contributed by atoms with Gasteiger partial charge in [0.25, 0.3) is 5.56 Å². The predicted molar refractivity (Wildman–Crippen MR) is 155 cm³/mol. The lowest BCUT2D eigenvalue weighted by molar-refractivity contribution is -0.137. The van der Waals surface area contributed by atoms with Gasteiger partial charge in [-0.05, 0) is 55.2 Å². The summed E-state index contributed by atoms with van der Waals surface area (Å²) in [5.41, 5.74) is 2.98. The topological polar surface area (TPSA) is 64.0 Å². The van der Waals surface area contributed by atoms with Crippen molar-refractivity contribution in [2.24, 2.45) is 0 Å². The van der Waals surface area contributed by atoms with Crippen LogP contribution in [0.1, 0.15) is 48.8 Å². The van der Waals surface area contributed by atoms with E-state index in [1.807, 2.05) is 48.5 Å². The first-order valence-electron chi connectivity index (χ1n) is 13.7. The molecule has 0 atom stereocenters. The van der Waals surface area contributed by atoms with E-state index in [4.69, 9.17) is 4.98 Å². The minimum atomic E-state index is -4.51. The molecule has 1 saturated carbocycles. The quantitative estimate of drug-likeness (QED) is 0.199. The smallest absolute Gasteiger partial charge is 0.325 e. The summed E-state index contributed by atoms with van der Waals surface area (Å²) >= 11 is 1.09. The Balaban J connectivity index is 1.40. The number of nitrogens with one attached hydrogen (secondary N) is 1. The van der Waals surface area contributed by atoms with Gasteiger partial charge in [-0.15, -0.1) is 0 Å². The zero-order valence-electron chi connectivity index (χ0n) is 22.2. The van der Waals surface area contributed by atoms with Crippen LogP contribution in [0.4, 0.5) is 18.9 Å². The minimum Gasteiger partial charge on any atom is -0.325 e. The van der Waals surface area contributed by atoms with Crippen molar-refractivity contribution >= 4 is 23.4 Å². The molecule has 1 spiro atoms. The van der Waals surface area contributed by atoms with Gasteiger partial charge in [-0.25, -0.2) is 4.98 Å². The van der Waals surface area contributed by atoms with Gasteiger partial charge in [0, 0.05) is 16.7 Å². The zero-order chi connectivity index (χ0) is 28.6. The number of hydrogen-bond acceptors (Lipinski definition) is 4. The molecule has 41 heavy (non-hydrogen) atoms. The summed E-state index contributed by atoms with van der Waals surface area (Å²) in [7, 11) is 0. The number of carbonyl (C=O) groups excluding carboxylic acids is 1. The van der Waals surface area contributed by atoms with Crippen LogP contribution in [0.3, 0.4) is 0 Å². The second kappa shape index (κ2) is 10.9. The number of hydrogen-bond donors (Lipinski definition) is 1. The van der Waals surface area contributed by atoms with E-state index < -0.39 is 17.6 Å². The third-order valence-electron chi connectivity index (χ3n) is 8.02. The third-order valence-corrected chi connectivity index (χ3v) is 8.95. The maximum Gasteiger partial charge on any atom is 0.416 e. The molecular formula is C32H28F3N3O2S. The number of fused-ring (bicyclic) bond motifs is 4. The SMILES string of the molecule is O=C(CSc1nc2c(c(=O)n1-c1ccccc1)C1(CCCCC1)Cc1ccccc1-2)Nc1cccc(C(F)(F)F)c1. The van der Waals surface area contributed by atoms with E-state index in [-0.39, 0.29) is 22.4 Å². The largest absolute Gasteiger partial charge is 0.416 e. The van der Waals surface area contributed by atoms with Crippen LogP contribution >= 0.6 is 11.8 Å². The standard InChI is InChI=1S/C32H28F3N3O2S/c33-32(34,35)22-11-9-12-23(18-22)36-26(39)20-41-30-37-28-25-15-6-5-10-21(25)19-31(16-7-2-8-17-31)27(28)29(40)38(30)24-13-3-1-4-14-24/h1,3-6,9-15,18H,2,7-8,16-17,19-20H2,(H,36,39). The number of rotatable bonds is 5. The number of anilines is 1. The van der Waals surface area contributed by atoms with Crippen molar-refractivity contribution in [2.45, 2.75) is 55.3 Å². The lowest BCUT2D eigenvalue weighted by Crippen LogP contribution is -2.43. The molecule has 0 bridgehead atoms. The maximum absolute atomic E-state index is 14.5. The second-order valence-corrected chi connectivity index (χ2v) is 11.6. The average Bonchev–Trinajstić information content (AvgIpc) is 2.96. The summed E-state index contributed by atoms with van der Waals surface area (Å²) < 4.78 is 41.0. The molecule has 1 N–H and O–H groups in total. The Bertz CT molecular complexity index is 1660. The molecule has 1 amide bonds. The van der Waals surface area contributed by atoms with Crippen molar-refractivity contribution in [1.29, 1.82) is 0 Å². The van der Waals surface area contributed by atoms with E-state index in [9.17, 15) is 22.8 Å². The Morgan fingerprint density at radius 1 is 0.951 bits per heavy atom. The number of thioether (sulfide) groups is 1. The number of alkyl halides is 3. The van der Waals surface area contributed by atoms with Crippen LogP contribution in [0.25, 0.3) is 16.9 Å². The number of amides is 1. The number of para-hydroxylation sites is 1. The van der Waals surface area contributed by atoms with Crippen LogP contribution in [-0.4, -0.2) is 21.2 Å². The molecule has 1 fully saturated rings. The van der Waals surface area contributed by atoms with Gasteiger partial charge in [-0.1, -0.05) is 79.6 Å². The number of benzene rings is 3. The molecule has 0 unspecified atom stereocenters. The summed E-state index contributed by atoms with van der Waals surface area (Å²) in [6.45, 7) is 0. The highest BCUT2D eigenvalue weighted by Crippen LogP contribution is 2.49. The van der Waals surface area contributed by atoms with Gasteiger partial charge in [0.2, 0.25) is 5.91 Å². The highest BCUT2D eigenvalue weighted by Gasteiger charge is 2.43. The molecule has 1 aromatic heterocycles. The normalized spacial score (nSPS) is 15.7. The van der Waals surface area contributed by atoms with Crippen LogP contribution in [0.15, 0.2) is 88.8 Å². The number of halogens is 3. The molecule has 3 aromatic carbocycles. The first-order chi connectivity index (χ1) is 19.7. The van der Waals surface area contributed by atoms with Crippen molar-refractivity contribution in [1.82, 2.24) is 9.55 Å². The van der Waals surface area contributed by atoms with Gasteiger partial charge >= 0.3 is 6.18 Å². The molecule has 4 aromatic rings. The predicted octanol–water partition coefficient (Wildman–Crippen LogP) is 7.41. The summed E-state index contributed by atoms with van der Waals surface area (Å²) in [5.74, 6) is -0.633. The van der Waals surface area contributed by atoms with E-state index in [1.54, 1.807) is 4.57 Å². The van der Waals surface area contributed by atoms with E-state index in [2.05, 4.69) is 11.4 Å². The molecule has 2 aliphatic carbocycles. The fourth-order valence-electron chi connectivity index (χ4n) is 6.19. The van der Waals surface area contributed by atoms with Gasteiger partial charge in [-0.2, -0.15) is 13.2 Å². The highest BCUT2D eigenvalue weighted by molar-refractivity contribution is 7.99. The summed E-state index contributed by atoms with van der Waals surface area (Å²) in [6.07, 6.45) is 1.39. The van der Waals surface area contributed by atoms with E-state index in [0.717, 1.165) is 73.5 Å². The average molecular weight is 576 g/mol. The van der Waals surface area contributed by atoms with Crippen molar-refractivity contribution in [3.05, 3.63) is 106 Å². The number of aromatic nitrogens is 2. The van der Waals surface area contributed by atoms with Crippen molar-refractivity contribution in [3.63, 3.8) is 0 Å². The molecule has 210 valence electrons. The van der Waals surface area contributed by atoms with Crippen LogP contribution in [0.2, 0.25) is 0 Å². The van der Waals surface area contributed by atoms with Gasteiger partial charge < -0.3 is 5.32 Å². The van der Waals surface area contributed by atoms with Crippen molar-refractivity contribution < 1.29 is 18.0 Å². The molecule has 9 heteroatoms. The maximum atomic E-state index is 14.5. The fourth-order valence-corrected chi connectivity index (χ4v) is 7.00. The minimum absolute atomic E-state index is 0.0532. The molecule has 0 saturated heterocycles. The van der Waals surface area contributed by atoms with Gasteiger partial charge in [0.05, 0.1) is 28.3 Å². The summed E-state index contributed by atoms with van der Waals surface area (Å²) in [5, 5.41) is 2.91. The third kappa shape index (κ3) is 5.30. The van der Waals surface area contributed by atoms with E-state index in [0.29, 0.717) is 16.5 Å². The zero-order valence-corrected chi connectivity index (χ0v) is 23.0. The van der Waals surface area contributed by atoms with Crippen LogP contribution in [-0.2, 0) is 22.8 Å². The lowest BCUT2D eigenvalue weighted by atomic mass is 9.62. The number of carbonyl (C=O) groups is 1. The Hall–Kier alpha value is -3.85. The molecule has 0 radical (unpaired) electrons. The van der Waals surface area contributed by atoms with Gasteiger partial charge in [0.1, 0.15) is 0 Å². The molecular weight excluding hydrogens is 547 g/mol. The first kappa shape index (κ1) is 27.3. The monoisotopic (exact) mass is 575 g/mol. The van der Waals surface area contributed by atoms with E-state index in [1.165, 1.54) is 17.7 Å². The fraction of sp³-hybridized carbons (Fsp3) is 0.281. The van der Waals surface area contributed by atoms with E-state index >= 15 is 0 Å². The van der Waals surface area contributed by atoms with Crippen LogP contribution in [0, 0.1) is 0 Å². The molecule has 1 heterocycles. The van der Waals surface area contributed by atoms with Crippen molar-refractivity contribution in [3.8, 4) is 16.9 Å². The molecule has 5 nitrogen and oxygen atoms in total. The van der Waals surface area contributed by atoms with Crippen molar-refractivity contribution in [2.75, 3.05) is 11.1 Å². The van der Waals surface area contributed by atoms with Crippen LogP contribution < -0.4 is 10.9 Å². The molecule has 0 aliphatic heterocycles. The Kier molecular flexibility index (Phi) is 7.23. The second-order valence-electron chi connectivity index (χ2n) is 10.7. The summed E-state index contributed by atoms with van der Waals surface area (Å²) in [4.78, 5) is 32.4. The van der Waals surface area contributed by atoms with Gasteiger partial charge in [-0.3, -0.25) is 14.2 Å². The lowest BCUT2D eigenvalue weighted by Gasteiger charge is -2.42. The Morgan fingerprint density at radius 2 is 1.68 bits per heavy atom. The Labute approximate surface area is 239 Å².